The summed E-state index contributed by atoms with van der Waals surface area (Å²) in [7, 11) is 0. The third-order valence-electron chi connectivity index (χ3n) is 4.59. The second kappa shape index (κ2) is 6.75. The van der Waals surface area contributed by atoms with Gasteiger partial charge in [-0.15, -0.1) is 0 Å². The first-order valence-electron chi connectivity index (χ1n) is 8.43. The molecule has 27 heavy (non-hydrogen) atoms. The summed E-state index contributed by atoms with van der Waals surface area (Å²) in [6.07, 6.45) is 1.51. The van der Waals surface area contributed by atoms with E-state index in [0.717, 1.165) is 22.4 Å². The van der Waals surface area contributed by atoms with Crippen LogP contribution in [-0.2, 0) is 9.59 Å². The van der Waals surface area contributed by atoms with Crippen LogP contribution in [0.1, 0.15) is 6.42 Å². The molecule has 0 bridgehead atoms. The molecule has 2 aromatic carbocycles. The number of benzene rings is 2. The van der Waals surface area contributed by atoms with Crippen LogP contribution in [0.2, 0.25) is 0 Å². The van der Waals surface area contributed by atoms with Crippen molar-refractivity contribution in [1.29, 1.82) is 0 Å². The Hall–Kier alpha value is -3.35. The van der Waals surface area contributed by atoms with Gasteiger partial charge in [0.1, 0.15) is 17.3 Å². The van der Waals surface area contributed by atoms with Gasteiger partial charge in [0.15, 0.2) is 0 Å². The van der Waals surface area contributed by atoms with Crippen LogP contribution in [0.3, 0.4) is 0 Å². The molecule has 5 nitrogen and oxygen atoms in total. The summed E-state index contributed by atoms with van der Waals surface area (Å²) < 4.78 is 28.0. The van der Waals surface area contributed by atoms with Crippen molar-refractivity contribution < 1.29 is 18.4 Å². The summed E-state index contributed by atoms with van der Waals surface area (Å²) in [6, 6.07) is 12.5. The van der Waals surface area contributed by atoms with Crippen LogP contribution in [0.15, 0.2) is 54.7 Å². The zero-order chi connectivity index (χ0) is 19.0. The number of anilines is 2. The van der Waals surface area contributed by atoms with E-state index in [2.05, 4.69) is 10.3 Å². The second-order valence-electron chi connectivity index (χ2n) is 6.35. The van der Waals surface area contributed by atoms with Gasteiger partial charge in [-0.2, -0.15) is 0 Å². The predicted molar refractivity (Wildman–Crippen MR) is 97.2 cm³/mol. The van der Waals surface area contributed by atoms with Crippen molar-refractivity contribution in [3.05, 3.63) is 66.4 Å². The van der Waals surface area contributed by atoms with Gasteiger partial charge in [-0.25, -0.2) is 8.78 Å². The van der Waals surface area contributed by atoms with Crippen LogP contribution in [0.5, 0.6) is 0 Å². The molecule has 1 saturated heterocycles. The van der Waals surface area contributed by atoms with Crippen LogP contribution in [0, 0.1) is 17.6 Å². The Kier molecular flexibility index (Phi) is 4.27. The van der Waals surface area contributed by atoms with Crippen LogP contribution >= 0.6 is 0 Å². The first-order chi connectivity index (χ1) is 13.0. The van der Waals surface area contributed by atoms with E-state index >= 15 is 0 Å². The van der Waals surface area contributed by atoms with Crippen LogP contribution in [0.25, 0.3) is 10.9 Å². The molecule has 4 rings (SSSR count). The van der Waals surface area contributed by atoms with Crippen molar-refractivity contribution in [2.45, 2.75) is 6.42 Å². The molecule has 136 valence electrons. The van der Waals surface area contributed by atoms with Gasteiger partial charge in [-0.05, 0) is 24.3 Å². The lowest BCUT2D eigenvalue weighted by Crippen LogP contribution is -2.29. The molecule has 1 aliphatic rings. The number of hydrogen-bond donors (Lipinski definition) is 1. The maximum Gasteiger partial charge on any atom is 0.229 e. The number of fused-ring (bicyclic) bond motifs is 1. The van der Waals surface area contributed by atoms with Gasteiger partial charge in [0.25, 0.3) is 0 Å². The van der Waals surface area contributed by atoms with Crippen molar-refractivity contribution in [1.82, 2.24) is 4.98 Å². The Balaban J connectivity index is 1.56. The maximum atomic E-state index is 14.0. The van der Waals surface area contributed by atoms with Crippen molar-refractivity contribution >= 4 is 34.1 Å². The molecule has 0 saturated carbocycles. The normalized spacial score (nSPS) is 16.7. The summed E-state index contributed by atoms with van der Waals surface area (Å²) in [5, 5.41) is 3.65. The Morgan fingerprint density at radius 2 is 1.78 bits per heavy atom. The summed E-state index contributed by atoms with van der Waals surface area (Å²) in [5.74, 6) is -3.25. The zero-order valence-electron chi connectivity index (χ0n) is 14.2. The fourth-order valence-electron chi connectivity index (χ4n) is 3.29. The molecular formula is C20H15F2N3O2. The first kappa shape index (κ1) is 17.1. The third-order valence-corrected chi connectivity index (χ3v) is 4.59. The van der Waals surface area contributed by atoms with E-state index in [4.69, 9.17) is 0 Å². The van der Waals surface area contributed by atoms with Gasteiger partial charge in [0.05, 0.1) is 17.1 Å². The third kappa shape index (κ3) is 3.12. The Morgan fingerprint density at radius 1 is 1.07 bits per heavy atom. The summed E-state index contributed by atoms with van der Waals surface area (Å²) in [6.45, 7) is -0.0826. The second-order valence-corrected chi connectivity index (χ2v) is 6.35. The number of pyridine rings is 1. The number of para-hydroxylation sites is 2. The number of halogens is 2. The van der Waals surface area contributed by atoms with Crippen molar-refractivity contribution in [2.24, 2.45) is 5.92 Å². The SMILES string of the molecule is O=C(Nc1cccc2cccnc12)C1CC(=O)N(c2c(F)cccc2F)C1. The zero-order valence-corrected chi connectivity index (χ0v) is 14.2. The topological polar surface area (TPSA) is 62.3 Å². The smallest absolute Gasteiger partial charge is 0.229 e. The highest BCUT2D eigenvalue weighted by Crippen LogP contribution is 2.31. The molecule has 0 radical (unpaired) electrons. The van der Waals surface area contributed by atoms with Crippen LogP contribution in [0.4, 0.5) is 20.2 Å². The van der Waals surface area contributed by atoms with E-state index in [9.17, 15) is 18.4 Å². The fourth-order valence-corrected chi connectivity index (χ4v) is 3.29. The minimum Gasteiger partial charge on any atom is -0.324 e. The van der Waals surface area contributed by atoms with E-state index in [0.29, 0.717) is 11.2 Å². The molecule has 2 heterocycles. The summed E-state index contributed by atoms with van der Waals surface area (Å²) >= 11 is 0. The number of hydrogen-bond acceptors (Lipinski definition) is 3. The molecule has 1 aliphatic heterocycles. The van der Waals surface area contributed by atoms with Gasteiger partial charge in [0, 0.05) is 24.5 Å². The van der Waals surface area contributed by atoms with E-state index < -0.39 is 29.1 Å². The fraction of sp³-hybridized carbons (Fsp3) is 0.150. The van der Waals surface area contributed by atoms with Gasteiger partial charge in [0.2, 0.25) is 11.8 Å². The van der Waals surface area contributed by atoms with Gasteiger partial charge < -0.3 is 10.2 Å². The first-order valence-corrected chi connectivity index (χ1v) is 8.43. The molecule has 0 aliphatic carbocycles. The molecule has 3 aromatic rings. The highest BCUT2D eigenvalue weighted by molar-refractivity contribution is 6.06. The van der Waals surface area contributed by atoms with E-state index in [1.807, 2.05) is 12.1 Å². The Labute approximate surface area is 153 Å². The lowest BCUT2D eigenvalue weighted by atomic mass is 10.1. The van der Waals surface area contributed by atoms with Crippen LogP contribution in [-0.4, -0.2) is 23.3 Å². The average Bonchev–Trinajstić information content (AvgIpc) is 3.04. The predicted octanol–water partition coefficient (Wildman–Crippen LogP) is 3.50. The molecule has 2 amide bonds. The highest BCUT2D eigenvalue weighted by atomic mass is 19.1. The Bertz CT molecular complexity index is 1030. The van der Waals surface area contributed by atoms with E-state index in [1.54, 1.807) is 24.4 Å². The van der Waals surface area contributed by atoms with Gasteiger partial charge in [-0.1, -0.05) is 24.3 Å². The summed E-state index contributed by atoms with van der Waals surface area (Å²) in [4.78, 5) is 30.2. The molecule has 0 spiro atoms. The maximum absolute atomic E-state index is 14.0. The largest absolute Gasteiger partial charge is 0.324 e. The number of aromatic nitrogens is 1. The van der Waals surface area contributed by atoms with Gasteiger partial charge >= 0.3 is 0 Å². The number of carbonyl (C=O) groups excluding carboxylic acids is 2. The lowest BCUT2D eigenvalue weighted by molar-refractivity contribution is -0.122. The number of nitrogens with zero attached hydrogens (tertiary/aromatic N) is 2. The monoisotopic (exact) mass is 367 g/mol. The lowest BCUT2D eigenvalue weighted by Gasteiger charge is -2.18. The number of amides is 2. The number of carbonyl (C=O) groups is 2. The summed E-state index contributed by atoms with van der Waals surface area (Å²) in [5.41, 5.74) is 0.750. The van der Waals surface area contributed by atoms with E-state index in [-0.39, 0.29) is 18.9 Å². The quantitative estimate of drug-likeness (QED) is 0.771. The average molecular weight is 367 g/mol. The molecule has 1 N–H and O–H groups in total. The minimum atomic E-state index is -0.831. The van der Waals surface area contributed by atoms with E-state index in [1.165, 1.54) is 6.07 Å². The minimum absolute atomic E-state index is 0.0826. The molecule has 1 atom stereocenters. The number of rotatable bonds is 3. The standard InChI is InChI=1S/C20H15F2N3O2/c21-14-6-2-7-15(22)19(14)25-11-13(10-17(25)26)20(27)24-16-8-1-4-12-5-3-9-23-18(12)16/h1-9,13H,10-11H2,(H,24,27). The highest BCUT2D eigenvalue weighted by Gasteiger charge is 2.37. The van der Waals surface area contributed by atoms with Crippen molar-refractivity contribution in [2.75, 3.05) is 16.8 Å². The molecule has 1 aromatic heterocycles. The van der Waals surface area contributed by atoms with Crippen LogP contribution < -0.4 is 10.2 Å². The molecule has 7 heteroatoms. The van der Waals surface area contributed by atoms with Crippen molar-refractivity contribution in [3.8, 4) is 0 Å². The molecule has 1 fully saturated rings. The van der Waals surface area contributed by atoms with Gasteiger partial charge in [-0.3, -0.25) is 14.6 Å². The molecular weight excluding hydrogens is 352 g/mol. The Morgan fingerprint density at radius 3 is 2.56 bits per heavy atom. The number of nitrogens with one attached hydrogen (secondary N) is 1. The molecule has 1 unspecified atom stereocenters. The van der Waals surface area contributed by atoms with Crippen molar-refractivity contribution in [3.63, 3.8) is 0 Å².